The van der Waals surface area contributed by atoms with Crippen LogP contribution in [0.25, 0.3) is 0 Å². The number of nitrogens with zero attached hydrogens (tertiary/aromatic N) is 1. The molecule has 1 heterocycles. The van der Waals surface area contributed by atoms with Crippen molar-refractivity contribution in [2.24, 2.45) is 5.92 Å². The van der Waals surface area contributed by atoms with Gasteiger partial charge in [-0.05, 0) is 55.0 Å². The van der Waals surface area contributed by atoms with Crippen molar-refractivity contribution in [3.63, 3.8) is 0 Å². The Morgan fingerprint density at radius 2 is 1.92 bits per heavy atom. The van der Waals surface area contributed by atoms with Gasteiger partial charge in [0.2, 0.25) is 0 Å². The van der Waals surface area contributed by atoms with Crippen molar-refractivity contribution in [3.05, 3.63) is 64.7 Å². The van der Waals surface area contributed by atoms with Crippen molar-refractivity contribution in [1.29, 1.82) is 0 Å². The second-order valence-corrected chi connectivity index (χ2v) is 7.18. The van der Waals surface area contributed by atoms with E-state index in [4.69, 9.17) is 16.3 Å². The van der Waals surface area contributed by atoms with Gasteiger partial charge >= 0.3 is 0 Å². The van der Waals surface area contributed by atoms with Crippen molar-refractivity contribution < 1.29 is 14.6 Å². The predicted octanol–water partition coefficient (Wildman–Crippen LogP) is 4.00. The Bertz CT molecular complexity index is 742. The number of aliphatic hydroxyl groups excluding tert-OH is 1. The summed E-state index contributed by atoms with van der Waals surface area (Å²) in [5, 5.41) is 11.2. The molecule has 1 unspecified atom stereocenters. The Labute approximate surface area is 159 Å². The van der Waals surface area contributed by atoms with E-state index >= 15 is 0 Å². The van der Waals surface area contributed by atoms with Crippen LogP contribution in [-0.2, 0) is 4.79 Å². The molecule has 1 N–H and O–H groups in total. The zero-order chi connectivity index (χ0) is 18.5. The van der Waals surface area contributed by atoms with Crippen LogP contribution in [-0.4, -0.2) is 35.6 Å². The van der Waals surface area contributed by atoms with Gasteiger partial charge in [-0.15, -0.1) is 0 Å². The highest BCUT2D eigenvalue weighted by Crippen LogP contribution is 2.30. The fourth-order valence-corrected chi connectivity index (χ4v) is 3.45. The zero-order valence-electron chi connectivity index (χ0n) is 14.9. The largest absolute Gasteiger partial charge is 0.484 e. The van der Waals surface area contributed by atoms with Gasteiger partial charge in [0.05, 0.1) is 6.10 Å². The fraction of sp³-hybridized carbons (Fsp3) is 0.381. The number of ether oxygens (including phenoxy) is 1. The number of hydrogen-bond donors (Lipinski definition) is 1. The van der Waals surface area contributed by atoms with E-state index in [1.165, 1.54) is 0 Å². The molecule has 0 radical (unpaired) electrons. The minimum absolute atomic E-state index is 0.0208. The molecule has 138 valence electrons. The Balaban J connectivity index is 1.48. The van der Waals surface area contributed by atoms with Gasteiger partial charge in [0, 0.05) is 18.1 Å². The molecule has 0 bridgehead atoms. The van der Waals surface area contributed by atoms with Crippen LogP contribution in [0, 0.1) is 12.8 Å². The normalized spacial score (nSPS) is 16.3. The zero-order valence-corrected chi connectivity index (χ0v) is 15.7. The summed E-state index contributed by atoms with van der Waals surface area (Å²) < 4.78 is 5.60. The monoisotopic (exact) mass is 373 g/mol. The Hall–Kier alpha value is -2.04. The van der Waals surface area contributed by atoms with Gasteiger partial charge in [0.25, 0.3) is 5.91 Å². The standard InChI is InChI=1S/C21H24ClNO3/c1-15-13-18(7-8-19(15)22)26-14-20(24)23-11-9-17(10-12-23)21(25)16-5-3-2-4-6-16/h2-8,13,17,21,25H,9-12,14H2,1H3. The lowest BCUT2D eigenvalue weighted by atomic mass is 9.87. The summed E-state index contributed by atoms with van der Waals surface area (Å²) in [7, 11) is 0. The highest BCUT2D eigenvalue weighted by atomic mass is 35.5. The van der Waals surface area contributed by atoms with Crippen LogP contribution in [0.4, 0.5) is 0 Å². The molecule has 2 aromatic rings. The fourth-order valence-electron chi connectivity index (χ4n) is 3.33. The molecule has 1 aliphatic rings. The number of rotatable bonds is 5. The lowest BCUT2D eigenvalue weighted by Crippen LogP contribution is -2.42. The van der Waals surface area contributed by atoms with Gasteiger partial charge in [-0.1, -0.05) is 41.9 Å². The molecule has 0 aliphatic carbocycles. The van der Waals surface area contributed by atoms with Gasteiger partial charge in [0.1, 0.15) is 5.75 Å². The summed E-state index contributed by atoms with van der Waals surface area (Å²) in [5.41, 5.74) is 1.87. The van der Waals surface area contributed by atoms with E-state index in [1.807, 2.05) is 48.2 Å². The van der Waals surface area contributed by atoms with E-state index in [9.17, 15) is 9.90 Å². The van der Waals surface area contributed by atoms with Crippen molar-refractivity contribution in [3.8, 4) is 5.75 Å². The number of hydrogen-bond acceptors (Lipinski definition) is 3. The van der Waals surface area contributed by atoms with E-state index in [-0.39, 0.29) is 18.4 Å². The SMILES string of the molecule is Cc1cc(OCC(=O)N2CCC(C(O)c3ccccc3)CC2)ccc1Cl. The number of aryl methyl sites for hydroxylation is 1. The van der Waals surface area contributed by atoms with E-state index in [0.29, 0.717) is 23.9 Å². The van der Waals surface area contributed by atoms with Gasteiger partial charge in [-0.25, -0.2) is 0 Å². The summed E-state index contributed by atoms with van der Waals surface area (Å²) in [6.45, 7) is 3.22. The number of likely N-dealkylation sites (tertiary alicyclic amines) is 1. The average Bonchev–Trinajstić information content (AvgIpc) is 2.69. The van der Waals surface area contributed by atoms with Crippen molar-refractivity contribution in [2.75, 3.05) is 19.7 Å². The van der Waals surface area contributed by atoms with Crippen LogP contribution in [0.3, 0.4) is 0 Å². The molecule has 4 nitrogen and oxygen atoms in total. The molecule has 0 saturated carbocycles. The second kappa shape index (κ2) is 8.56. The van der Waals surface area contributed by atoms with Crippen LogP contribution >= 0.6 is 11.6 Å². The second-order valence-electron chi connectivity index (χ2n) is 6.77. The molecule has 1 saturated heterocycles. The maximum atomic E-state index is 12.4. The first-order valence-corrected chi connectivity index (χ1v) is 9.32. The maximum Gasteiger partial charge on any atom is 0.260 e. The minimum Gasteiger partial charge on any atom is -0.484 e. The Kier molecular flexibility index (Phi) is 6.17. The van der Waals surface area contributed by atoms with Crippen LogP contribution in [0.5, 0.6) is 5.75 Å². The molecule has 0 aromatic heterocycles. The van der Waals surface area contributed by atoms with Crippen molar-refractivity contribution in [2.45, 2.75) is 25.9 Å². The third-order valence-electron chi connectivity index (χ3n) is 4.97. The van der Waals surface area contributed by atoms with E-state index in [1.54, 1.807) is 12.1 Å². The van der Waals surface area contributed by atoms with Gasteiger partial charge in [0.15, 0.2) is 6.61 Å². The third-order valence-corrected chi connectivity index (χ3v) is 5.40. The van der Waals surface area contributed by atoms with Gasteiger partial charge < -0.3 is 14.7 Å². The number of carbonyl (C=O) groups excluding carboxylic acids is 1. The average molecular weight is 374 g/mol. The van der Waals surface area contributed by atoms with Crippen LogP contribution in [0.1, 0.15) is 30.1 Å². The lowest BCUT2D eigenvalue weighted by Gasteiger charge is -2.34. The highest BCUT2D eigenvalue weighted by molar-refractivity contribution is 6.31. The summed E-state index contributed by atoms with van der Waals surface area (Å²) in [6, 6.07) is 15.1. The summed E-state index contributed by atoms with van der Waals surface area (Å²) in [5.74, 6) is 0.807. The quantitative estimate of drug-likeness (QED) is 0.861. The predicted molar refractivity (Wildman–Crippen MR) is 102 cm³/mol. The first kappa shape index (κ1) is 18.7. The molecular formula is C21H24ClNO3. The lowest BCUT2D eigenvalue weighted by molar-refractivity contribution is -0.135. The Morgan fingerprint density at radius 3 is 2.58 bits per heavy atom. The minimum atomic E-state index is -0.471. The highest BCUT2D eigenvalue weighted by Gasteiger charge is 2.28. The summed E-state index contributed by atoms with van der Waals surface area (Å²) >= 11 is 6.00. The molecule has 1 amide bonds. The Morgan fingerprint density at radius 1 is 1.23 bits per heavy atom. The molecule has 1 fully saturated rings. The number of piperidine rings is 1. The van der Waals surface area contributed by atoms with Gasteiger partial charge in [-0.3, -0.25) is 4.79 Å². The van der Waals surface area contributed by atoms with E-state index in [0.717, 1.165) is 24.0 Å². The van der Waals surface area contributed by atoms with Crippen LogP contribution in [0.15, 0.2) is 48.5 Å². The molecule has 1 aliphatic heterocycles. The van der Waals surface area contributed by atoms with E-state index in [2.05, 4.69) is 0 Å². The van der Waals surface area contributed by atoms with Crippen LogP contribution < -0.4 is 4.74 Å². The van der Waals surface area contributed by atoms with Crippen LogP contribution in [0.2, 0.25) is 5.02 Å². The summed E-state index contributed by atoms with van der Waals surface area (Å²) in [6.07, 6.45) is 1.12. The number of amides is 1. The number of carbonyl (C=O) groups is 1. The number of aliphatic hydroxyl groups is 1. The molecule has 1 atom stereocenters. The van der Waals surface area contributed by atoms with Crippen molar-refractivity contribution >= 4 is 17.5 Å². The third kappa shape index (κ3) is 4.57. The van der Waals surface area contributed by atoms with E-state index < -0.39 is 6.10 Å². The maximum absolute atomic E-state index is 12.4. The smallest absolute Gasteiger partial charge is 0.260 e. The van der Waals surface area contributed by atoms with Gasteiger partial charge in [-0.2, -0.15) is 0 Å². The first-order chi connectivity index (χ1) is 12.5. The topological polar surface area (TPSA) is 49.8 Å². The summed E-state index contributed by atoms with van der Waals surface area (Å²) in [4.78, 5) is 14.2. The number of halogens is 1. The molecule has 2 aromatic carbocycles. The molecule has 26 heavy (non-hydrogen) atoms. The molecule has 0 spiro atoms. The molecular weight excluding hydrogens is 350 g/mol. The van der Waals surface area contributed by atoms with Crippen molar-refractivity contribution in [1.82, 2.24) is 4.90 Å². The number of benzene rings is 2. The molecule has 3 rings (SSSR count). The molecule has 5 heteroatoms. The first-order valence-electron chi connectivity index (χ1n) is 8.94.